The number of unbranched alkanes of at least 4 members (excludes halogenated alkanes) is 1. The summed E-state index contributed by atoms with van der Waals surface area (Å²) < 4.78 is 23.8. The highest BCUT2D eigenvalue weighted by atomic mass is 32.2. The van der Waals surface area contributed by atoms with Gasteiger partial charge in [0, 0.05) is 7.05 Å². The molecule has 5 heteroatoms. The summed E-state index contributed by atoms with van der Waals surface area (Å²) in [6.45, 7) is 8.36. The Labute approximate surface area is 116 Å². The van der Waals surface area contributed by atoms with Crippen molar-refractivity contribution in [1.29, 1.82) is 0 Å². The molecule has 1 aromatic carbocycles. The maximum Gasteiger partial charge on any atom is 0.268 e. The molecule has 19 heavy (non-hydrogen) atoms. The Bertz CT molecular complexity index is 507. The summed E-state index contributed by atoms with van der Waals surface area (Å²) in [6, 6.07) is 6.19. The second-order valence-electron chi connectivity index (χ2n) is 3.77. The van der Waals surface area contributed by atoms with Gasteiger partial charge in [-0.3, -0.25) is 4.79 Å². The van der Waals surface area contributed by atoms with Crippen molar-refractivity contribution in [3.05, 3.63) is 29.8 Å². The van der Waals surface area contributed by atoms with E-state index in [-0.39, 0.29) is 10.5 Å². The highest BCUT2D eigenvalue weighted by Gasteiger charge is 2.37. The van der Waals surface area contributed by atoms with Crippen LogP contribution in [0, 0.1) is 0 Å². The molecule has 0 fully saturated rings. The first-order valence-corrected chi connectivity index (χ1v) is 8.03. The molecule has 0 atom stereocenters. The van der Waals surface area contributed by atoms with Gasteiger partial charge in [-0.1, -0.05) is 52.7 Å². The lowest BCUT2D eigenvalue weighted by Crippen LogP contribution is -2.24. The third-order valence-electron chi connectivity index (χ3n) is 2.54. The van der Waals surface area contributed by atoms with Crippen LogP contribution >= 0.6 is 0 Å². The maximum absolute atomic E-state index is 11.5. The lowest BCUT2D eigenvalue weighted by atomic mass is 10.2. The minimum absolute atomic E-state index is 0.0995. The van der Waals surface area contributed by atoms with Crippen molar-refractivity contribution in [2.24, 2.45) is 0 Å². The number of fused-ring (bicyclic) bond motifs is 1. The number of hydrogen-bond acceptors (Lipinski definition) is 3. The van der Waals surface area contributed by atoms with Gasteiger partial charge in [0.15, 0.2) is 0 Å². The van der Waals surface area contributed by atoms with E-state index in [1.165, 1.54) is 32.0 Å². The molecule has 1 aromatic rings. The number of rotatable bonds is 1. The standard InChI is InChI=1S/C8H7NO3S.C4H10.C2H6/c1-9-8(10)6-4-2-3-5-7(6)13(9,11)12;1-3-4-2;1-2/h2-5H,1H3;3-4H2,1-2H3;1-2H3. The first-order valence-electron chi connectivity index (χ1n) is 6.59. The SMILES string of the molecule is CC.CCCC.CN1C(=O)c2ccccc2S1(=O)=O. The third kappa shape index (κ3) is 3.80. The van der Waals surface area contributed by atoms with E-state index >= 15 is 0 Å². The van der Waals surface area contributed by atoms with Crippen molar-refractivity contribution in [2.45, 2.75) is 45.4 Å². The highest BCUT2D eigenvalue weighted by Crippen LogP contribution is 2.27. The molecule has 0 saturated heterocycles. The van der Waals surface area contributed by atoms with Crippen molar-refractivity contribution >= 4 is 15.9 Å². The van der Waals surface area contributed by atoms with Crippen LogP contribution in [0.2, 0.25) is 0 Å². The van der Waals surface area contributed by atoms with Crippen LogP contribution in [0.15, 0.2) is 29.2 Å². The summed E-state index contributed by atoms with van der Waals surface area (Å²) in [7, 11) is -2.29. The van der Waals surface area contributed by atoms with E-state index in [0.29, 0.717) is 0 Å². The number of carbonyl (C=O) groups is 1. The van der Waals surface area contributed by atoms with Gasteiger partial charge in [0.25, 0.3) is 15.9 Å². The Hall–Kier alpha value is -1.36. The van der Waals surface area contributed by atoms with Crippen molar-refractivity contribution in [2.75, 3.05) is 7.05 Å². The number of hydrogen-bond donors (Lipinski definition) is 0. The Kier molecular flexibility index (Phi) is 7.37. The van der Waals surface area contributed by atoms with Crippen LogP contribution in [0.25, 0.3) is 0 Å². The van der Waals surface area contributed by atoms with Gasteiger partial charge >= 0.3 is 0 Å². The average Bonchev–Trinajstić information content (AvgIpc) is 2.63. The molecule has 0 bridgehead atoms. The first kappa shape index (κ1) is 17.6. The Balaban J connectivity index is 0.000000467. The fourth-order valence-corrected chi connectivity index (χ4v) is 2.59. The molecule has 0 saturated carbocycles. The molecule has 0 aromatic heterocycles. The minimum atomic E-state index is -3.55. The van der Waals surface area contributed by atoms with E-state index < -0.39 is 15.9 Å². The largest absolute Gasteiger partial charge is 0.268 e. The van der Waals surface area contributed by atoms with Gasteiger partial charge in [-0.2, -0.15) is 0 Å². The van der Waals surface area contributed by atoms with Gasteiger partial charge in [0.2, 0.25) is 0 Å². The van der Waals surface area contributed by atoms with Crippen molar-refractivity contribution in [3.63, 3.8) is 0 Å². The number of nitrogens with zero attached hydrogens (tertiary/aromatic N) is 1. The molecular weight excluding hydrogens is 262 g/mol. The van der Waals surface area contributed by atoms with Gasteiger partial charge in [-0.15, -0.1) is 0 Å². The summed E-state index contributed by atoms with van der Waals surface area (Å²) in [4.78, 5) is 11.5. The van der Waals surface area contributed by atoms with Crippen molar-refractivity contribution in [3.8, 4) is 0 Å². The van der Waals surface area contributed by atoms with Crippen LogP contribution in [0.5, 0.6) is 0 Å². The fourth-order valence-electron chi connectivity index (χ4n) is 1.29. The molecule has 0 spiro atoms. The normalized spacial score (nSPS) is 14.8. The van der Waals surface area contributed by atoms with Gasteiger partial charge < -0.3 is 0 Å². The average molecular weight is 285 g/mol. The minimum Gasteiger partial charge on any atom is -0.268 e. The summed E-state index contributed by atoms with van der Waals surface area (Å²) in [5, 5.41) is 0. The van der Waals surface area contributed by atoms with Crippen LogP contribution in [-0.4, -0.2) is 25.7 Å². The number of sulfonamides is 1. The second-order valence-corrected chi connectivity index (χ2v) is 5.71. The zero-order valence-electron chi connectivity index (χ0n) is 12.3. The molecular formula is C14H23NO3S. The molecule has 1 aliphatic rings. The van der Waals surface area contributed by atoms with Gasteiger partial charge in [0.05, 0.1) is 5.56 Å². The number of benzene rings is 1. The Morgan fingerprint density at radius 2 is 1.53 bits per heavy atom. The molecule has 0 N–H and O–H groups in total. The molecule has 1 amide bonds. The van der Waals surface area contributed by atoms with Gasteiger partial charge in [-0.25, -0.2) is 12.7 Å². The highest BCUT2D eigenvalue weighted by molar-refractivity contribution is 7.90. The molecule has 1 aliphatic heterocycles. The summed E-state index contributed by atoms with van der Waals surface area (Å²) >= 11 is 0. The van der Waals surface area contributed by atoms with Gasteiger partial charge in [-0.05, 0) is 12.1 Å². The summed E-state index contributed by atoms with van der Waals surface area (Å²) in [5.74, 6) is -0.462. The monoisotopic (exact) mass is 285 g/mol. The Morgan fingerprint density at radius 3 is 1.95 bits per heavy atom. The van der Waals surface area contributed by atoms with Crippen LogP contribution < -0.4 is 0 Å². The van der Waals surface area contributed by atoms with E-state index in [0.717, 1.165) is 4.31 Å². The lowest BCUT2D eigenvalue weighted by molar-refractivity contribution is 0.0891. The van der Waals surface area contributed by atoms with E-state index in [4.69, 9.17) is 0 Å². The molecule has 4 nitrogen and oxygen atoms in total. The fraction of sp³-hybridized carbons (Fsp3) is 0.500. The molecule has 0 unspecified atom stereocenters. The van der Waals surface area contributed by atoms with Crippen LogP contribution in [0.1, 0.15) is 50.9 Å². The lowest BCUT2D eigenvalue weighted by Gasteiger charge is -2.05. The van der Waals surface area contributed by atoms with Crippen LogP contribution in [0.4, 0.5) is 0 Å². The molecule has 0 aliphatic carbocycles. The molecule has 1 heterocycles. The zero-order valence-corrected chi connectivity index (χ0v) is 13.1. The molecule has 0 radical (unpaired) electrons. The first-order chi connectivity index (χ1) is 8.96. The van der Waals surface area contributed by atoms with Gasteiger partial charge in [0.1, 0.15) is 4.90 Å². The second kappa shape index (κ2) is 7.94. The predicted octanol–water partition coefficient (Wildman–Crippen LogP) is 3.29. The van der Waals surface area contributed by atoms with E-state index in [2.05, 4.69) is 13.8 Å². The Morgan fingerprint density at radius 1 is 1.05 bits per heavy atom. The van der Waals surface area contributed by atoms with E-state index in [1.807, 2.05) is 13.8 Å². The molecule has 2 rings (SSSR count). The maximum atomic E-state index is 11.5. The number of carbonyl (C=O) groups excluding carboxylic acids is 1. The van der Waals surface area contributed by atoms with Crippen LogP contribution in [0.3, 0.4) is 0 Å². The predicted molar refractivity (Wildman–Crippen MR) is 77.7 cm³/mol. The van der Waals surface area contributed by atoms with Crippen LogP contribution in [-0.2, 0) is 10.0 Å². The quantitative estimate of drug-likeness (QED) is 0.795. The number of amides is 1. The van der Waals surface area contributed by atoms with E-state index in [9.17, 15) is 13.2 Å². The topological polar surface area (TPSA) is 54.5 Å². The summed E-state index contributed by atoms with van der Waals surface area (Å²) in [6.07, 6.45) is 2.64. The van der Waals surface area contributed by atoms with Crippen molar-refractivity contribution < 1.29 is 13.2 Å². The molecule has 108 valence electrons. The third-order valence-corrected chi connectivity index (χ3v) is 4.34. The summed E-state index contributed by atoms with van der Waals surface area (Å²) in [5.41, 5.74) is 0.255. The van der Waals surface area contributed by atoms with E-state index in [1.54, 1.807) is 12.1 Å². The van der Waals surface area contributed by atoms with Crippen molar-refractivity contribution in [1.82, 2.24) is 4.31 Å². The zero-order chi connectivity index (χ0) is 15.1. The smallest absolute Gasteiger partial charge is 0.268 e.